The smallest absolute Gasteiger partial charge is 0.166 e. The Morgan fingerprint density at radius 3 is 1.90 bits per heavy atom. The third-order valence-corrected chi connectivity index (χ3v) is 11.4. The van der Waals surface area contributed by atoms with Crippen LogP contribution in [-0.4, -0.2) is 8.80 Å². The zero-order valence-electron chi connectivity index (χ0n) is 18.2. The molecule has 2 aliphatic rings. The molecule has 0 bridgehead atoms. The first kappa shape index (κ1) is 22.9. The number of alkyl halides is 3. The Hall–Kier alpha value is -0.773. The molecule has 29 heavy (non-hydrogen) atoms. The molecule has 1 saturated heterocycles. The van der Waals surface area contributed by atoms with Crippen molar-refractivity contribution in [1.82, 2.24) is 0 Å². The van der Waals surface area contributed by atoms with Crippen molar-refractivity contribution >= 4 is 8.80 Å². The fourth-order valence-corrected chi connectivity index (χ4v) is 9.38. The van der Waals surface area contributed by atoms with Crippen molar-refractivity contribution in [3.63, 3.8) is 0 Å². The van der Waals surface area contributed by atoms with Gasteiger partial charge in [-0.3, -0.25) is 0 Å². The van der Waals surface area contributed by atoms with Crippen LogP contribution in [0.2, 0.25) is 18.1 Å². The van der Waals surface area contributed by atoms with E-state index in [-0.39, 0.29) is 8.80 Å². The van der Waals surface area contributed by atoms with E-state index in [0.29, 0.717) is 5.92 Å². The van der Waals surface area contributed by atoms with Gasteiger partial charge in [0.25, 0.3) is 0 Å². The van der Waals surface area contributed by atoms with Crippen LogP contribution in [0.5, 0.6) is 0 Å². The molecule has 1 saturated carbocycles. The minimum atomic E-state index is -4.23. The summed E-state index contributed by atoms with van der Waals surface area (Å²) in [5.41, 5.74) is 0.565. The fraction of sp³-hybridized carbons (Fsp3) is 0.760. The van der Waals surface area contributed by atoms with Crippen LogP contribution in [0, 0.1) is 11.8 Å². The summed E-state index contributed by atoms with van der Waals surface area (Å²) < 4.78 is 38.2. The highest BCUT2D eigenvalue weighted by molar-refractivity contribution is 6.58. The predicted octanol–water partition coefficient (Wildman–Crippen LogP) is 8.59. The van der Waals surface area contributed by atoms with Gasteiger partial charge in [0.1, 0.15) is 0 Å². The lowest BCUT2D eigenvalue weighted by Crippen LogP contribution is -2.21. The molecule has 0 radical (unpaired) electrons. The Kier molecular flexibility index (Phi) is 8.70. The lowest BCUT2D eigenvalue weighted by molar-refractivity contribution is -0.137. The molecule has 1 aromatic carbocycles. The van der Waals surface area contributed by atoms with Gasteiger partial charge < -0.3 is 0 Å². The molecule has 2 fully saturated rings. The quantitative estimate of drug-likeness (QED) is 0.289. The molecule has 164 valence electrons. The van der Waals surface area contributed by atoms with Gasteiger partial charge in [-0.2, -0.15) is 13.2 Å². The summed E-state index contributed by atoms with van der Waals surface area (Å²) in [4.78, 5) is 0. The summed E-state index contributed by atoms with van der Waals surface area (Å²) in [6.07, 6.45) is 10.6. The van der Waals surface area contributed by atoms with Crippen LogP contribution < -0.4 is 0 Å². The van der Waals surface area contributed by atoms with Crippen molar-refractivity contribution in [2.24, 2.45) is 11.8 Å². The average Bonchev–Trinajstić information content (AvgIpc) is 2.72. The van der Waals surface area contributed by atoms with Crippen molar-refractivity contribution in [3.8, 4) is 0 Å². The second-order valence-corrected chi connectivity index (χ2v) is 13.3. The summed E-state index contributed by atoms with van der Waals surface area (Å²) in [6, 6.07) is 10.7. The Balaban J connectivity index is 1.29. The first-order valence-electron chi connectivity index (χ1n) is 12.1. The molecular formula is C25H39F3Si. The van der Waals surface area contributed by atoms with Crippen LogP contribution in [0.4, 0.5) is 13.2 Å². The van der Waals surface area contributed by atoms with Crippen LogP contribution in [0.1, 0.15) is 94.6 Å². The van der Waals surface area contributed by atoms with Gasteiger partial charge in [0.05, 0.1) is 5.56 Å². The molecule has 1 aliphatic carbocycles. The first-order valence-corrected chi connectivity index (χ1v) is 14.6. The SMILES string of the molecule is CCC[SiH]1CCC(CCCC[C@H]2CC[C@H](c3ccc(C(F)(F)F)cc3)CC2)CC1. The van der Waals surface area contributed by atoms with E-state index < -0.39 is 11.7 Å². The van der Waals surface area contributed by atoms with Gasteiger partial charge in [0.2, 0.25) is 0 Å². The number of rotatable bonds is 8. The lowest BCUT2D eigenvalue weighted by atomic mass is 9.77. The monoisotopic (exact) mass is 424 g/mol. The highest BCUT2D eigenvalue weighted by atomic mass is 28.3. The fourth-order valence-electron chi connectivity index (χ4n) is 5.81. The summed E-state index contributed by atoms with van der Waals surface area (Å²) in [7, 11) is -0.328. The first-order chi connectivity index (χ1) is 14.0. The third kappa shape index (κ3) is 7.15. The Bertz CT molecular complexity index is 579. The highest BCUT2D eigenvalue weighted by Gasteiger charge is 2.30. The van der Waals surface area contributed by atoms with Crippen molar-refractivity contribution < 1.29 is 13.2 Å². The summed E-state index contributed by atoms with van der Waals surface area (Å²) in [5.74, 6) is 2.32. The maximum atomic E-state index is 12.7. The average molecular weight is 425 g/mol. The van der Waals surface area contributed by atoms with E-state index in [2.05, 4.69) is 6.92 Å². The van der Waals surface area contributed by atoms with Gasteiger partial charge in [-0.15, -0.1) is 0 Å². The molecule has 1 aliphatic heterocycles. The molecule has 0 unspecified atom stereocenters. The van der Waals surface area contributed by atoms with E-state index >= 15 is 0 Å². The van der Waals surface area contributed by atoms with Crippen LogP contribution in [0.3, 0.4) is 0 Å². The number of benzene rings is 1. The van der Waals surface area contributed by atoms with Crippen molar-refractivity contribution in [2.75, 3.05) is 0 Å². The Labute approximate surface area is 177 Å². The normalized spacial score (nSPS) is 28.4. The summed E-state index contributed by atoms with van der Waals surface area (Å²) in [6.45, 7) is 2.34. The van der Waals surface area contributed by atoms with E-state index in [4.69, 9.17) is 0 Å². The molecule has 4 heteroatoms. The molecule has 1 aromatic rings. The molecule has 0 amide bonds. The van der Waals surface area contributed by atoms with Gasteiger partial charge in [-0.1, -0.05) is 82.1 Å². The van der Waals surface area contributed by atoms with Crippen molar-refractivity contribution in [3.05, 3.63) is 35.4 Å². The Morgan fingerprint density at radius 1 is 0.828 bits per heavy atom. The molecule has 3 rings (SSSR count). The summed E-state index contributed by atoms with van der Waals surface area (Å²) >= 11 is 0. The molecule has 0 atom stereocenters. The minimum absolute atomic E-state index is 0.328. The number of unbranched alkanes of at least 4 members (excludes halogenated alkanes) is 1. The van der Waals surface area contributed by atoms with Crippen LogP contribution in [0.15, 0.2) is 24.3 Å². The van der Waals surface area contributed by atoms with Crippen LogP contribution in [-0.2, 0) is 6.18 Å². The van der Waals surface area contributed by atoms with E-state index in [1.807, 2.05) is 0 Å². The van der Waals surface area contributed by atoms with Gasteiger partial charge in [0, 0.05) is 8.80 Å². The predicted molar refractivity (Wildman–Crippen MR) is 119 cm³/mol. The molecule has 0 spiro atoms. The van der Waals surface area contributed by atoms with E-state index in [1.54, 1.807) is 30.3 Å². The third-order valence-electron chi connectivity index (χ3n) is 7.69. The molecular weight excluding hydrogens is 385 g/mol. The molecule has 0 N–H and O–H groups in total. The number of halogens is 3. The van der Waals surface area contributed by atoms with Crippen LogP contribution in [0.25, 0.3) is 0 Å². The van der Waals surface area contributed by atoms with Gasteiger partial charge in [0.15, 0.2) is 0 Å². The maximum Gasteiger partial charge on any atom is 0.416 e. The maximum absolute atomic E-state index is 12.7. The zero-order chi connectivity index (χ0) is 20.7. The standard InChI is InChI=1S/C25H39F3Si/c1-2-17-29-18-15-21(16-19-29)6-4-3-5-20-7-9-22(10-8-20)23-11-13-24(14-12-23)25(26,27)28/h11-14,20-22,29H,2-10,15-19H2,1H3/t20-,21?,22-,29?. The highest BCUT2D eigenvalue weighted by Crippen LogP contribution is 2.39. The number of hydrogen-bond acceptors (Lipinski definition) is 0. The molecule has 0 aromatic heterocycles. The van der Waals surface area contributed by atoms with Crippen molar-refractivity contribution in [1.29, 1.82) is 0 Å². The van der Waals surface area contributed by atoms with E-state index in [9.17, 15) is 13.2 Å². The zero-order valence-corrected chi connectivity index (χ0v) is 19.3. The topological polar surface area (TPSA) is 0 Å². The second-order valence-electron chi connectivity index (χ2n) is 9.80. The van der Waals surface area contributed by atoms with Gasteiger partial charge >= 0.3 is 6.18 Å². The molecule has 1 heterocycles. The van der Waals surface area contributed by atoms with E-state index in [0.717, 1.165) is 30.2 Å². The van der Waals surface area contributed by atoms with Crippen molar-refractivity contribution in [2.45, 2.75) is 108 Å². The molecule has 0 nitrogen and oxygen atoms in total. The number of hydrogen-bond donors (Lipinski definition) is 0. The summed E-state index contributed by atoms with van der Waals surface area (Å²) in [5, 5.41) is 0. The van der Waals surface area contributed by atoms with Crippen LogP contribution >= 0.6 is 0 Å². The minimum Gasteiger partial charge on any atom is -0.166 e. The van der Waals surface area contributed by atoms with Gasteiger partial charge in [-0.05, 0) is 61.1 Å². The second kappa shape index (κ2) is 11.0. The largest absolute Gasteiger partial charge is 0.416 e. The van der Waals surface area contributed by atoms with Gasteiger partial charge in [-0.25, -0.2) is 0 Å². The van der Waals surface area contributed by atoms with E-state index in [1.165, 1.54) is 69.9 Å². The lowest BCUT2D eigenvalue weighted by Gasteiger charge is -2.30. The Morgan fingerprint density at radius 2 is 1.38 bits per heavy atom.